The molecule has 2 atom stereocenters. The maximum atomic E-state index is 13.3. The predicted molar refractivity (Wildman–Crippen MR) is 173 cm³/mol. The fourth-order valence-electron chi connectivity index (χ4n) is 6.34. The lowest BCUT2D eigenvalue weighted by atomic mass is 9.85. The number of pyridine rings is 1. The zero-order chi connectivity index (χ0) is 30.9. The summed E-state index contributed by atoms with van der Waals surface area (Å²) in [6.07, 6.45) is 13.2. The molecule has 7 nitrogen and oxygen atoms in total. The number of ether oxygens (including phenoxy) is 1. The molecule has 1 aromatic heterocycles. The standard InChI is InChI=1S/C37H45N3O4/c1-3-19-44-20-16-26(2)21-27-6-11-32(12-7-27)37(42)40-17-14-30(15-18-40)34-24-33-13-8-29(23-35(33)38-25-34)22-28-4-9-31(10-5-28)36(41)39-43/h4-13,24-26,29-30,43H,3,14-23H2,1-2H3,(H,39,41)/t26-,29?/m0/s1. The number of fused-ring (bicyclic) bond motifs is 1. The number of piperidine rings is 1. The zero-order valence-corrected chi connectivity index (χ0v) is 26.0. The Kier molecular flexibility index (Phi) is 11.0. The van der Waals surface area contributed by atoms with Crippen molar-refractivity contribution in [2.24, 2.45) is 11.8 Å². The molecule has 1 unspecified atom stereocenters. The van der Waals surface area contributed by atoms with Gasteiger partial charge in [-0.25, -0.2) is 5.48 Å². The molecule has 1 saturated heterocycles. The Morgan fingerprint density at radius 2 is 1.73 bits per heavy atom. The van der Waals surface area contributed by atoms with E-state index in [2.05, 4.69) is 44.2 Å². The van der Waals surface area contributed by atoms with E-state index in [1.807, 2.05) is 35.4 Å². The Bertz CT molecular complexity index is 1430. The fourth-order valence-corrected chi connectivity index (χ4v) is 6.34. The van der Waals surface area contributed by atoms with E-state index >= 15 is 0 Å². The highest BCUT2D eigenvalue weighted by Gasteiger charge is 2.26. The lowest BCUT2D eigenvalue weighted by molar-refractivity contribution is 0.0703. The van der Waals surface area contributed by atoms with Gasteiger partial charge in [0.05, 0.1) is 0 Å². The van der Waals surface area contributed by atoms with Crippen LogP contribution in [-0.2, 0) is 24.0 Å². The van der Waals surface area contributed by atoms with Crippen molar-refractivity contribution in [1.29, 1.82) is 0 Å². The molecular formula is C37H45N3O4. The number of carbonyl (C=O) groups excluding carboxylic acids is 2. The molecule has 44 heavy (non-hydrogen) atoms. The van der Waals surface area contributed by atoms with E-state index in [0.717, 1.165) is 88.1 Å². The van der Waals surface area contributed by atoms with Crippen molar-refractivity contribution in [3.05, 3.63) is 106 Å². The number of hydrogen-bond acceptors (Lipinski definition) is 5. The summed E-state index contributed by atoms with van der Waals surface area (Å²) in [7, 11) is 0. The van der Waals surface area contributed by atoms with Gasteiger partial charge in [0.2, 0.25) is 0 Å². The van der Waals surface area contributed by atoms with Gasteiger partial charge in [-0.1, -0.05) is 50.3 Å². The summed E-state index contributed by atoms with van der Waals surface area (Å²) in [5, 5.41) is 8.81. The molecule has 2 heterocycles. The minimum atomic E-state index is -0.504. The van der Waals surface area contributed by atoms with Gasteiger partial charge in [-0.15, -0.1) is 0 Å². The van der Waals surface area contributed by atoms with Crippen LogP contribution in [-0.4, -0.2) is 53.2 Å². The number of amides is 2. The van der Waals surface area contributed by atoms with Crippen LogP contribution in [0.2, 0.25) is 0 Å². The largest absolute Gasteiger partial charge is 0.381 e. The van der Waals surface area contributed by atoms with Crippen LogP contribution in [0.5, 0.6) is 0 Å². The number of allylic oxidation sites excluding steroid dienone is 1. The summed E-state index contributed by atoms with van der Waals surface area (Å²) < 4.78 is 5.63. The molecule has 232 valence electrons. The van der Waals surface area contributed by atoms with E-state index in [-0.39, 0.29) is 5.91 Å². The topological polar surface area (TPSA) is 91.8 Å². The molecule has 0 spiro atoms. The minimum absolute atomic E-state index is 0.125. The third-order valence-corrected chi connectivity index (χ3v) is 8.99. The SMILES string of the molecule is CCCOCC[C@H](C)Cc1ccc(C(=O)N2CCC(c3cnc4c(c3)C=CC(Cc3ccc(C(=O)NO)cc3)C4)CC2)cc1. The van der Waals surface area contributed by atoms with Gasteiger partial charge in [-0.3, -0.25) is 19.8 Å². The van der Waals surface area contributed by atoms with Crippen LogP contribution < -0.4 is 5.48 Å². The molecule has 5 rings (SSSR count). The van der Waals surface area contributed by atoms with Crippen molar-refractivity contribution in [3.63, 3.8) is 0 Å². The predicted octanol–water partition coefficient (Wildman–Crippen LogP) is 6.64. The molecule has 1 fully saturated rings. The van der Waals surface area contributed by atoms with Gasteiger partial charge < -0.3 is 9.64 Å². The summed E-state index contributed by atoms with van der Waals surface area (Å²) in [4.78, 5) is 31.7. The monoisotopic (exact) mass is 595 g/mol. The number of hydroxylamine groups is 1. The van der Waals surface area contributed by atoms with Crippen LogP contribution in [0.25, 0.3) is 6.08 Å². The highest BCUT2D eigenvalue weighted by molar-refractivity contribution is 5.94. The Morgan fingerprint density at radius 3 is 2.43 bits per heavy atom. The molecule has 7 heteroatoms. The first-order valence-electron chi connectivity index (χ1n) is 16.1. The molecule has 2 aliphatic rings. The Morgan fingerprint density at radius 1 is 1.02 bits per heavy atom. The number of rotatable bonds is 12. The number of hydrogen-bond donors (Lipinski definition) is 2. The van der Waals surface area contributed by atoms with Gasteiger partial charge in [-0.2, -0.15) is 0 Å². The second-order valence-electron chi connectivity index (χ2n) is 12.4. The Labute approximate surface area is 261 Å². The van der Waals surface area contributed by atoms with Crippen molar-refractivity contribution < 1.29 is 19.5 Å². The molecule has 2 N–H and O–H groups in total. The van der Waals surface area contributed by atoms with Crippen LogP contribution in [0.4, 0.5) is 0 Å². The average molecular weight is 596 g/mol. The van der Waals surface area contributed by atoms with Crippen LogP contribution in [0.3, 0.4) is 0 Å². The first kappa shape index (κ1) is 31.6. The molecule has 0 radical (unpaired) electrons. The van der Waals surface area contributed by atoms with E-state index in [9.17, 15) is 9.59 Å². The van der Waals surface area contributed by atoms with E-state index < -0.39 is 5.91 Å². The molecular weight excluding hydrogens is 550 g/mol. The van der Waals surface area contributed by atoms with Crippen LogP contribution in [0.15, 0.2) is 66.9 Å². The summed E-state index contributed by atoms with van der Waals surface area (Å²) in [6.45, 7) is 7.55. The highest BCUT2D eigenvalue weighted by atomic mass is 16.5. The van der Waals surface area contributed by atoms with E-state index in [0.29, 0.717) is 23.3 Å². The highest BCUT2D eigenvalue weighted by Crippen LogP contribution is 2.32. The van der Waals surface area contributed by atoms with E-state index in [1.54, 1.807) is 17.6 Å². The van der Waals surface area contributed by atoms with Gasteiger partial charge in [0.25, 0.3) is 11.8 Å². The normalized spacial score (nSPS) is 17.2. The number of nitrogens with one attached hydrogen (secondary N) is 1. The van der Waals surface area contributed by atoms with Gasteiger partial charge in [0.15, 0.2) is 0 Å². The summed E-state index contributed by atoms with van der Waals surface area (Å²) in [6, 6.07) is 17.8. The van der Waals surface area contributed by atoms with Crippen molar-refractivity contribution in [2.45, 2.75) is 64.7 Å². The number of carbonyl (C=O) groups is 2. The lowest BCUT2D eigenvalue weighted by Gasteiger charge is -2.32. The lowest BCUT2D eigenvalue weighted by Crippen LogP contribution is -2.38. The summed E-state index contributed by atoms with van der Waals surface area (Å²) >= 11 is 0. The Balaban J connectivity index is 1.10. The van der Waals surface area contributed by atoms with Gasteiger partial charge >= 0.3 is 0 Å². The van der Waals surface area contributed by atoms with Crippen LogP contribution in [0.1, 0.15) is 94.1 Å². The van der Waals surface area contributed by atoms with Crippen LogP contribution >= 0.6 is 0 Å². The van der Waals surface area contributed by atoms with Crippen molar-refractivity contribution in [2.75, 3.05) is 26.3 Å². The maximum Gasteiger partial charge on any atom is 0.274 e. The van der Waals surface area contributed by atoms with Crippen molar-refractivity contribution in [3.8, 4) is 0 Å². The molecule has 0 saturated carbocycles. The summed E-state index contributed by atoms with van der Waals surface area (Å²) in [5.41, 5.74) is 8.86. The minimum Gasteiger partial charge on any atom is -0.381 e. The van der Waals surface area contributed by atoms with Crippen LogP contribution in [0, 0.1) is 11.8 Å². The number of benzene rings is 2. The maximum absolute atomic E-state index is 13.3. The third-order valence-electron chi connectivity index (χ3n) is 8.99. The molecule has 2 aromatic carbocycles. The van der Waals surface area contributed by atoms with Gasteiger partial charge in [0.1, 0.15) is 0 Å². The fraction of sp³-hybridized carbons (Fsp3) is 0.432. The average Bonchev–Trinajstić information content (AvgIpc) is 3.06. The molecule has 2 amide bonds. The molecule has 1 aliphatic carbocycles. The Hall–Kier alpha value is -3.81. The number of likely N-dealkylation sites (tertiary alicyclic amines) is 1. The second-order valence-corrected chi connectivity index (χ2v) is 12.4. The smallest absolute Gasteiger partial charge is 0.274 e. The number of nitrogens with zero attached hydrogens (tertiary/aromatic N) is 2. The van der Waals surface area contributed by atoms with E-state index in [1.165, 1.54) is 16.7 Å². The quantitative estimate of drug-likeness (QED) is 0.139. The molecule has 1 aliphatic heterocycles. The molecule has 0 bridgehead atoms. The molecule has 3 aromatic rings. The second kappa shape index (κ2) is 15.3. The first-order chi connectivity index (χ1) is 21.4. The first-order valence-corrected chi connectivity index (χ1v) is 16.1. The van der Waals surface area contributed by atoms with E-state index in [4.69, 9.17) is 14.9 Å². The van der Waals surface area contributed by atoms with Crippen molar-refractivity contribution >= 4 is 17.9 Å². The van der Waals surface area contributed by atoms with Gasteiger partial charge in [-0.05, 0) is 115 Å². The summed E-state index contributed by atoms with van der Waals surface area (Å²) in [5.74, 6) is 0.921. The number of aromatic nitrogens is 1. The third kappa shape index (κ3) is 8.21. The van der Waals surface area contributed by atoms with Gasteiger partial charge in [0, 0.05) is 49.3 Å². The zero-order valence-electron chi connectivity index (χ0n) is 26.0. The van der Waals surface area contributed by atoms with Crippen molar-refractivity contribution in [1.82, 2.24) is 15.4 Å².